The van der Waals surface area contributed by atoms with Gasteiger partial charge in [-0.05, 0) is 79.2 Å². The van der Waals surface area contributed by atoms with Crippen LogP contribution in [0.5, 0.6) is 23.0 Å². The molecule has 5 aromatic rings. The Kier molecular flexibility index (Phi) is 11.1. The fourth-order valence-electron chi connectivity index (χ4n) is 5.43. The molecule has 246 valence electrons. The van der Waals surface area contributed by atoms with E-state index >= 15 is 0 Å². The van der Waals surface area contributed by atoms with Gasteiger partial charge in [-0.3, -0.25) is 4.79 Å². The minimum absolute atomic E-state index is 0. The van der Waals surface area contributed by atoms with Crippen molar-refractivity contribution in [2.75, 3.05) is 38.1 Å². The molecule has 11 heteroatoms. The number of piperazine rings is 1. The zero-order valence-electron chi connectivity index (χ0n) is 26.4. The van der Waals surface area contributed by atoms with Gasteiger partial charge in [-0.15, -0.1) is 12.4 Å². The van der Waals surface area contributed by atoms with E-state index in [1.807, 2.05) is 78.3 Å². The number of aliphatic carboxylic acids is 1. The minimum atomic E-state index is -0.862. The van der Waals surface area contributed by atoms with E-state index in [4.69, 9.17) is 30.8 Å². The number of aryl methyl sites for hydroxylation is 2. The molecule has 0 atom stereocenters. The average molecular weight is 678 g/mol. The summed E-state index contributed by atoms with van der Waals surface area (Å²) in [5.41, 5.74) is 4.73. The lowest BCUT2D eigenvalue weighted by molar-refractivity contribution is -0.136. The van der Waals surface area contributed by atoms with Gasteiger partial charge < -0.3 is 33.7 Å². The Morgan fingerprint density at radius 1 is 0.830 bits per heavy atom. The average Bonchev–Trinajstić information content (AvgIpc) is 3.38. The number of ether oxygens (including phenoxy) is 3. The second-order valence-corrected chi connectivity index (χ2v) is 11.9. The Morgan fingerprint density at radius 2 is 1.53 bits per heavy atom. The van der Waals surface area contributed by atoms with Gasteiger partial charge in [0, 0.05) is 62.5 Å². The van der Waals surface area contributed by atoms with Crippen LogP contribution < -0.4 is 19.1 Å². The number of anilines is 1. The van der Waals surface area contributed by atoms with Gasteiger partial charge in [0.2, 0.25) is 0 Å². The van der Waals surface area contributed by atoms with E-state index in [0.29, 0.717) is 29.5 Å². The van der Waals surface area contributed by atoms with Gasteiger partial charge in [-0.1, -0.05) is 29.8 Å². The summed E-state index contributed by atoms with van der Waals surface area (Å²) in [5, 5.41) is 9.86. The van der Waals surface area contributed by atoms with Crippen LogP contribution >= 0.6 is 24.0 Å². The fraction of sp³-hybridized carbons (Fsp3) is 0.278. The first-order chi connectivity index (χ1) is 22.3. The van der Waals surface area contributed by atoms with Crippen molar-refractivity contribution in [2.24, 2.45) is 7.05 Å². The zero-order valence-corrected chi connectivity index (χ0v) is 28.0. The number of hydrogen-bond acceptors (Lipinski definition) is 7. The molecule has 1 aliphatic rings. The number of hydrogen-bond donors (Lipinski definition) is 1. The van der Waals surface area contributed by atoms with E-state index in [-0.39, 0.29) is 25.4 Å². The van der Waals surface area contributed by atoms with Gasteiger partial charge >= 0.3 is 5.97 Å². The maximum absolute atomic E-state index is 11.2. The topological polar surface area (TPSA) is 89.3 Å². The highest BCUT2D eigenvalue weighted by atomic mass is 35.5. The lowest BCUT2D eigenvalue weighted by Crippen LogP contribution is -2.44. The lowest BCUT2D eigenvalue weighted by atomic mass is 10.1. The second-order valence-electron chi connectivity index (χ2n) is 11.5. The third kappa shape index (κ3) is 8.68. The number of rotatable bonds is 12. The molecule has 9 nitrogen and oxygen atoms in total. The SMILES string of the molecule is CN1CCN(c2ccc(Oc3ccc4nc(COc5ccc(CCC(=O)O)c(OCc6ccc(Cl)cc6)c5)n(C)c4c3)cc2)CC1.Cl. The van der Waals surface area contributed by atoms with Crippen molar-refractivity contribution in [3.8, 4) is 23.0 Å². The minimum Gasteiger partial charge on any atom is -0.488 e. The van der Waals surface area contributed by atoms with Gasteiger partial charge in [0.1, 0.15) is 42.0 Å². The van der Waals surface area contributed by atoms with Crippen LogP contribution in [0.25, 0.3) is 11.0 Å². The molecule has 6 rings (SSSR count). The number of nitrogens with zero attached hydrogens (tertiary/aromatic N) is 4. The van der Waals surface area contributed by atoms with Crippen LogP contribution in [-0.4, -0.2) is 58.8 Å². The molecule has 0 aliphatic carbocycles. The smallest absolute Gasteiger partial charge is 0.303 e. The van der Waals surface area contributed by atoms with Gasteiger partial charge in [0.05, 0.1) is 11.0 Å². The Labute approximate surface area is 285 Å². The third-order valence-corrected chi connectivity index (χ3v) is 8.46. The number of imidazole rings is 1. The fourth-order valence-corrected chi connectivity index (χ4v) is 5.56. The number of benzene rings is 4. The van der Waals surface area contributed by atoms with Crippen molar-refractivity contribution in [1.82, 2.24) is 14.5 Å². The summed E-state index contributed by atoms with van der Waals surface area (Å²) in [6.07, 6.45) is 0.353. The molecule has 0 unspecified atom stereocenters. The molecule has 1 saturated heterocycles. The van der Waals surface area contributed by atoms with Crippen molar-refractivity contribution in [1.29, 1.82) is 0 Å². The van der Waals surface area contributed by atoms with E-state index in [9.17, 15) is 9.90 Å². The van der Waals surface area contributed by atoms with Crippen LogP contribution in [0.1, 0.15) is 23.4 Å². The molecule has 0 saturated carbocycles. The van der Waals surface area contributed by atoms with Crippen LogP contribution in [0, 0.1) is 0 Å². The van der Waals surface area contributed by atoms with Crippen LogP contribution in [0.4, 0.5) is 5.69 Å². The molecule has 1 N–H and O–H groups in total. The van der Waals surface area contributed by atoms with E-state index in [1.54, 1.807) is 6.07 Å². The summed E-state index contributed by atoms with van der Waals surface area (Å²) in [7, 11) is 4.12. The lowest BCUT2D eigenvalue weighted by Gasteiger charge is -2.34. The molecule has 2 heterocycles. The first-order valence-corrected chi connectivity index (χ1v) is 15.7. The van der Waals surface area contributed by atoms with Gasteiger partial charge in [0.15, 0.2) is 0 Å². The number of likely N-dealkylation sites (N-methyl/N-ethyl adjacent to an activating group) is 1. The molecule has 0 amide bonds. The first kappa shape index (κ1) is 33.9. The van der Waals surface area contributed by atoms with Crippen molar-refractivity contribution >= 4 is 46.7 Å². The van der Waals surface area contributed by atoms with Crippen LogP contribution in [-0.2, 0) is 31.5 Å². The van der Waals surface area contributed by atoms with E-state index in [1.165, 1.54) is 5.69 Å². The molecule has 47 heavy (non-hydrogen) atoms. The maximum atomic E-state index is 11.2. The Hall–Kier alpha value is -4.44. The van der Waals surface area contributed by atoms with E-state index in [0.717, 1.165) is 65.7 Å². The van der Waals surface area contributed by atoms with Gasteiger partial charge in [-0.2, -0.15) is 0 Å². The highest BCUT2D eigenvalue weighted by Crippen LogP contribution is 2.30. The monoisotopic (exact) mass is 676 g/mol. The third-order valence-electron chi connectivity index (χ3n) is 8.21. The van der Waals surface area contributed by atoms with Gasteiger partial charge in [-0.25, -0.2) is 4.98 Å². The molecule has 0 spiro atoms. The molecular weight excluding hydrogens is 639 g/mol. The number of carboxylic acid groups (broad SMARTS) is 1. The van der Waals surface area contributed by atoms with E-state index in [2.05, 4.69) is 29.0 Å². The Balaban J connectivity index is 0.00000433. The van der Waals surface area contributed by atoms with Crippen LogP contribution in [0.2, 0.25) is 5.02 Å². The second kappa shape index (κ2) is 15.4. The first-order valence-electron chi connectivity index (χ1n) is 15.3. The Morgan fingerprint density at radius 3 is 2.26 bits per heavy atom. The summed E-state index contributed by atoms with van der Waals surface area (Å²) in [4.78, 5) is 20.7. The number of carbonyl (C=O) groups is 1. The summed E-state index contributed by atoms with van der Waals surface area (Å²) < 4.78 is 20.5. The predicted octanol–water partition coefficient (Wildman–Crippen LogP) is 7.37. The number of fused-ring (bicyclic) bond motifs is 1. The number of carboxylic acids is 1. The molecular formula is C36H38Cl2N4O5. The van der Waals surface area contributed by atoms with Crippen molar-refractivity contribution < 1.29 is 24.1 Å². The summed E-state index contributed by atoms with van der Waals surface area (Å²) >= 11 is 6.01. The summed E-state index contributed by atoms with van der Waals surface area (Å²) in [6.45, 7) is 4.74. The van der Waals surface area contributed by atoms with Crippen molar-refractivity contribution in [2.45, 2.75) is 26.1 Å². The van der Waals surface area contributed by atoms with Crippen LogP contribution in [0.3, 0.4) is 0 Å². The molecule has 0 radical (unpaired) electrons. The summed E-state index contributed by atoms with van der Waals surface area (Å²) in [5.74, 6) is 2.58. The normalized spacial score (nSPS) is 13.3. The summed E-state index contributed by atoms with van der Waals surface area (Å²) in [6, 6.07) is 27.0. The molecule has 1 aliphatic heterocycles. The van der Waals surface area contributed by atoms with Gasteiger partial charge in [0.25, 0.3) is 0 Å². The highest BCUT2D eigenvalue weighted by Gasteiger charge is 2.15. The van der Waals surface area contributed by atoms with Crippen molar-refractivity contribution in [3.63, 3.8) is 0 Å². The highest BCUT2D eigenvalue weighted by molar-refractivity contribution is 6.30. The quantitative estimate of drug-likeness (QED) is 0.147. The number of halogens is 2. The predicted molar refractivity (Wildman–Crippen MR) is 187 cm³/mol. The molecule has 1 fully saturated rings. The molecule has 1 aromatic heterocycles. The maximum Gasteiger partial charge on any atom is 0.303 e. The van der Waals surface area contributed by atoms with Crippen molar-refractivity contribution in [3.05, 3.63) is 107 Å². The Bertz CT molecular complexity index is 1800. The largest absolute Gasteiger partial charge is 0.488 e. The molecule has 0 bridgehead atoms. The number of aromatic nitrogens is 2. The standard InChI is InChI=1S/C36H37ClN4O5.ClH/c1-39-17-19-41(20-18-39)28-9-12-29(13-10-28)46-31-14-15-32-33(21-31)40(2)35(38-32)24-44-30-11-5-26(6-16-36(42)43)34(22-30)45-23-25-3-7-27(37)8-4-25;/h3-5,7-15,21-22H,6,16-20,23-24H2,1-2H3,(H,42,43);1H. The zero-order chi connectivity index (χ0) is 32.0. The van der Waals surface area contributed by atoms with Crippen LogP contribution in [0.15, 0.2) is 84.9 Å². The van der Waals surface area contributed by atoms with E-state index < -0.39 is 5.97 Å². The molecule has 4 aromatic carbocycles.